The Hall–Kier alpha value is -3.00. The van der Waals surface area contributed by atoms with Crippen molar-refractivity contribution in [1.82, 2.24) is 19.7 Å². The van der Waals surface area contributed by atoms with Crippen molar-refractivity contribution in [1.29, 1.82) is 0 Å². The molecule has 26 heavy (non-hydrogen) atoms. The minimum Gasteiger partial charge on any atom is -0.327 e. The van der Waals surface area contributed by atoms with Gasteiger partial charge < -0.3 is 9.88 Å². The molecule has 0 saturated heterocycles. The molecule has 130 valence electrons. The molecule has 0 saturated carbocycles. The maximum absolute atomic E-state index is 13.2. The highest BCUT2D eigenvalue weighted by atomic mass is 32.2. The summed E-state index contributed by atoms with van der Waals surface area (Å²) in [5.41, 5.74) is 2.89. The fourth-order valence-corrected chi connectivity index (χ4v) is 3.33. The van der Waals surface area contributed by atoms with Gasteiger partial charge in [0.25, 0.3) is 0 Å². The SMILES string of the molecule is Cn1c2ccccc2c2nnc(SCC(=O)Nc3cccc(F)c3)nc21. The summed E-state index contributed by atoms with van der Waals surface area (Å²) in [4.78, 5) is 16.6. The van der Waals surface area contributed by atoms with Crippen LogP contribution in [-0.2, 0) is 11.8 Å². The van der Waals surface area contributed by atoms with Crippen LogP contribution in [0.1, 0.15) is 0 Å². The van der Waals surface area contributed by atoms with E-state index in [-0.39, 0.29) is 11.7 Å². The summed E-state index contributed by atoms with van der Waals surface area (Å²) in [5, 5.41) is 12.4. The molecule has 2 heterocycles. The molecule has 0 aliphatic rings. The molecular formula is C18H14FN5OS. The number of para-hydroxylation sites is 1. The van der Waals surface area contributed by atoms with Gasteiger partial charge in [-0.25, -0.2) is 9.37 Å². The number of fused-ring (bicyclic) bond motifs is 3. The smallest absolute Gasteiger partial charge is 0.234 e. The Labute approximate surface area is 152 Å². The zero-order chi connectivity index (χ0) is 18.1. The molecule has 4 rings (SSSR count). The van der Waals surface area contributed by atoms with Crippen molar-refractivity contribution in [3.05, 3.63) is 54.3 Å². The minimum absolute atomic E-state index is 0.105. The van der Waals surface area contributed by atoms with E-state index >= 15 is 0 Å². The number of halogens is 1. The number of nitrogens with one attached hydrogen (secondary N) is 1. The molecule has 0 fully saturated rings. The highest BCUT2D eigenvalue weighted by Gasteiger charge is 2.13. The molecule has 1 amide bonds. The van der Waals surface area contributed by atoms with E-state index in [4.69, 9.17) is 0 Å². The lowest BCUT2D eigenvalue weighted by Crippen LogP contribution is -2.14. The number of hydrogen-bond acceptors (Lipinski definition) is 5. The van der Waals surface area contributed by atoms with Crippen molar-refractivity contribution in [2.24, 2.45) is 7.05 Å². The highest BCUT2D eigenvalue weighted by Crippen LogP contribution is 2.25. The zero-order valence-electron chi connectivity index (χ0n) is 13.8. The quantitative estimate of drug-likeness (QED) is 0.560. The number of aryl methyl sites for hydroxylation is 1. The number of hydrogen-bond donors (Lipinski definition) is 1. The molecule has 0 aliphatic carbocycles. The Morgan fingerprint density at radius 2 is 2.04 bits per heavy atom. The first kappa shape index (κ1) is 16.5. The van der Waals surface area contributed by atoms with Crippen LogP contribution in [0, 0.1) is 5.82 Å². The second-order valence-electron chi connectivity index (χ2n) is 5.69. The number of benzene rings is 2. The van der Waals surface area contributed by atoms with E-state index in [1.165, 1.54) is 23.9 Å². The lowest BCUT2D eigenvalue weighted by Gasteiger charge is -2.04. The van der Waals surface area contributed by atoms with E-state index in [1.807, 2.05) is 35.9 Å². The maximum atomic E-state index is 13.2. The van der Waals surface area contributed by atoms with Crippen molar-refractivity contribution < 1.29 is 9.18 Å². The molecule has 6 nitrogen and oxygen atoms in total. The van der Waals surface area contributed by atoms with Crippen LogP contribution in [0.5, 0.6) is 0 Å². The fourth-order valence-electron chi connectivity index (χ4n) is 2.75. The van der Waals surface area contributed by atoms with E-state index in [0.29, 0.717) is 16.5 Å². The maximum Gasteiger partial charge on any atom is 0.234 e. The third kappa shape index (κ3) is 3.11. The molecule has 4 aromatic rings. The first-order valence-corrected chi connectivity index (χ1v) is 8.86. The Morgan fingerprint density at radius 3 is 2.88 bits per heavy atom. The number of rotatable bonds is 4. The van der Waals surface area contributed by atoms with Crippen LogP contribution < -0.4 is 5.32 Å². The second-order valence-corrected chi connectivity index (χ2v) is 6.63. The molecular weight excluding hydrogens is 353 g/mol. The predicted octanol–water partition coefficient (Wildman–Crippen LogP) is 3.39. The summed E-state index contributed by atoms with van der Waals surface area (Å²) in [6, 6.07) is 13.6. The summed E-state index contributed by atoms with van der Waals surface area (Å²) < 4.78 is 15.1. The summed E-state index contributed by atoms with van der Waals surface area (Å²) in [6.45, 7) is 0. The number of aromatic nitrogens is 4. The van der Waals surface area contributed by atoms with E-state index in [1.54, 1.807) is 12.1 Å². The molecule has 0 atom stereocenters. The van der Waals surface area contributed by atoms with Gasteiger partial charge in [0.2, 0.25) is 11.1 Å². The zero-order valence-corrected chi connectivity index (χ0v) is 14.6. The average Bonchev–Trinajstić information content (AvgIpc) is 2.93. The lowest BCUT2D eigenvalue weighted by molar-refractivity contribution is -0.113. The van der Waals surface area contributed by atoms with Gasteiger partial charge in [-0.2, -0.15) is 0 Å². The molecule has 0 radical (unpaired) electrons. The van der Waals surface area contributed by atoms with Crippen LogP contribution in [0.2, 0.25) is 0 Å². The second kappa shape index (κ2) is 6.72. The number of carbonyl (C=O) groups excluding carboxylic acids is 1. The minimum atomic E-state index is -0.399. The van der Waals surface area contributed by atoms with E-state index in [0.717, 1.165) is 16.4 Å². The molecule has 0 spiro atoms. The van der Waals surface area contributed by atoms with Crippen LogP contribution in [-0.4, -0.2) is 31.4 Å². The van der Waals surface area contributed by atoms with E-state index < -0.39 is 5.82 Å². The Kier molecular flexibility index (Phi) is 4.26. The average molecular weight is 367 g/mol. The molecule has 1 N–H and O–H groups in total. The number of nitrogens with zero attached hydrogens (tertiary/aromatic N) is 4. The van der Waals surface area contributed by atoms with Crippen molar-refractivity contribution in [2.75, 3.05) is 11.1 Å². The van der Waals surface area contributed by atoms with Crippen LogP contribution in [0.3, 0.4) is 0 Å². The lowest BCUT2D eigenvalue weighted by atomic mass is 10.2. The molecule has 2 aromatic carbocycles. The largest absolute Gasteiger partial charge is 0.327 e. The van der Waals surface area contributed by atoms with Gasteiger partial charge in [0.05, 0.1) is 11.3 Å². The summed E-state index contributed by atoms with van der Waals surface area (Å²) in [6.07, 6.45) is 0. The Balaban J connectivity index is 1.51. The third-order valence-corrected chi connectivity index (χ3v) is 4.77. The highest BCUT2D eigenvalue weighted by molar-refractivity contribution is 7.99. The van der Waals surface area contributed by atoms with E-state index in [9.17, 15) is 9.18 Å². The van der Waals surface area contributed by atoms with Crippen LogP contribution in [0.25, 0.3) is 22.1 Å². The number of anilines is 1. The molecule has 0 aliphatic heterocycles. The molecule has 8 heteroatoms. The predicted molar refractivity (Wildman–Crippen MR) is 99.6 cm³/mol. The van der Waals surface area contributed by atoms with Gasteiger partial charge in [-0.15, -0.1) is 10.2 Å². The van der Waals surface area contributed by atoms with Crippen molar-refractivity contribution in [3.8, 4) is 0 Å². The van der Waals surface area contributed by atoms with Crippen LogP contribution >= 0.6 is 11.8 Å². The van der Waals surface area contributed by atoms with Gasteiger partial charge in [0.15, 0.2) is 5.65 Å². The first-order chi connectivity index (χ1) is 12.6. The van der Waals surface area contributed by atoms with Crippen LogP contribution in [0.4, 0.5) is 10.1 Å². The Bertz CT molecular complexity index is 1130. The fraction of sp³-hybridized carbons (Fsp3) is 0.111. The normalized spacial score (nSPS) is 11.2. The van der Waals surface area contributed by atoms with Crippen molar-refractivity contribution >= 4 is 45.4 Å². The number of amides is 1. The summed E-state index contributed by atoms with van der Waals surface area (Å²) in [7, 11) is 1.92. The standard InChI is InChI=1S/C18H14FN5OS/c1-24-14-8-3-2-7-13(14)16-17(24)21-18(23-22-16)26-10-15(25)20-12-6-4-5-11(19)9-12/h2-9H,10H2,1H3,(H,20,25). The molecule has 2 aromatic heterocycles. The number of thioether (sulfide) groups is 1. The molecule has 0 bridgehead atoms. The summed E-state index contributed by atoms with van der Waals surface area (Å²) >= 11 is 1.18. The van der Waals surface area contributed by atoms with Gasteiger partial charge in [-0.05, 0) is 24.3 Å². The van der Waals surface area contributed by atoms with Gasteiger partial charge >= 0.3 is 0 Å². The van der Waals surface area contributed by atoms with Gasteiger partial charge in [0, 0.05) is 18.1 Å². The number of carbonyl (C=O) groups is 1. The van der Waals surface area contributed by atoms with Crippen LogP contribution in [0.15, 0.2) is 53.7 Å². The third-order valence-electron chi connectivity index (χ3n) is 3.93. The topological polar surface area (TPSA) is 72.7 Å². The van der Waals surface area contributed by atoms with Crippen molar-refractivity contribution in [2.45, 2.75) is 5.16 Å². The monoisotopic (exact) mass is 367 g/mol. The van der Waals surface area contributed by atoms with E-state index in [2.05, 4.69) is 20.5 Å². The van der Waals surface area contributed by atoms with Gasteiger partial charge in [-0.1, -0.05) is 36.0 Å². The van der Waals surface area contributed by atoms with Gasteiger partial charge in [0.1, 0.15) is 11.3 Å². The van der Waals surface area contributed by atoms with Crippen molar-refractivity contribution in [3.63, 3.8) is 0 Å². The summed E-state index contributed by atoms with van der Waals surface area (Å²) in [5.74, 6) is -0.557. The molecule has 0 unspecified atom stereocenters. The first-order valence-electron chi connectivity index (χ1n) is 7.88. The van der Waals surface area contributed by atoms with Gasteiger partial charge in [-0.3, -0.25) is 4.79 Å². The Morgan fingerprint density at radius 1 is 1.19 bits per heavy atom.